The number of hydrogen-bond acceptors (Lipinski definition) is 3. The van der Waals surface area contributed by atoms with Crippen LogP contribution in [0.3, 0.4) is 0 Å². The van der Waals surface area contributed by atoms with Gasteiger partial charge in [-0.25, -0.2) is 4.98 Å². The Morgan fingerprint density at radius 1 is 1.04 bits per heavy atom. The zero-order chi connectivity index (χ0) is 17.3. The molecule has 3 aromatic rings. The molecule has 0 saturated carbocycles. The lowest BCUT2D eigenvalue weighted by atomic mass is 9.98. The summed E-state index contributed by atoms with van der Waals surface area (Å²) in [5.74, 6) is 0.163. The van der Waals surface area contributed by atoms with Crippen molar-refractivity contribution in [2.75, 3.05) is 5.73 Å². The molecule has 0 fully saturated rings. The summed E-state index contributed by atoms with van der Waals surface area (Å²) < 4.78 is 0.908. The van der Waals surface area contributed by atoms with Gasteiger partial charge in [-0.05, 0) is 42.0 Å². The van der Waals surface area contributed by atoms with Gasteiger partial charge < -0.3 is 5.73 Å². The highest BCUT2D eigenvalue weighted by molar-refractivity contribution is 9.10. The van der Waals surface area contributed by atoms with E-state index in [0.717, 1.165) is 10.0 Å². The van der Waals surface area contributed by atoms with Crippen molar-refractivity contribution >= 4 is 44.9 Å². The SMILES string of the molecule is N#Cc1c(-c2cccc(Br)c2)cc(-c2ccc(Cl)cc2Cl)nc1N. The lowest BCUT2D eigenvalue weighted by Crippen LogP contribution is -2.00. The van der Waals surface area contributed by atoms with E-state index in [0.29, 0.717) is 32.4 Å². The van der Waals surface area contributed by atoms with Gasteiger partial charge in [0, 0.05) is 20.6 Å². The van der Waals surface area contributed by atoms with E-state index in [-0.39, 0.29) is 5.82 Å². The molecule has 0 atom stereocenters. The fourth-order valence-electron chi connectivity index (χ4n) is 2.40. The van der Waals surface area contributed by atoms with Crippen LogP contribution in [0.25, 0.3) is 22.4 Å². The molecule has 0 aliphatic carbocycles. The number of anilines is 1. The number of rotatable bonds is 2. The highest BCUT2D eigenvalue weighted by Gasteiger charge is 2.15. The third-order valence-electron chi connectivity index (χ3n) is 3.50. The van der Waals surface area contributed by atoms with Crippen molar-refractivity contribution < 1.29 is 0 Å². The van der Waals surface area contributed by atoms with Crippen LogP contribution < -0.4 is 5.73 Å². The van der Waals surface area contributed by atoms with Crippen molar-refractivity contribution in [2.24, 2.45) is 0 Å². The summed E-state index contributed by atoms with van der Waals surface area (Å²) >= 11 is 15.7. The maximum absolute atomic E-state index is 9.46. The first kappa shape index (κ1) is 16.8. The Morgan fingerprint density at radius 2 is 1.83 bits per heavy atom. The number of nitriles is 1. The molecule has 2 aromatic carbocycles. The summed E-state index contributed by atoms with van der Waals surface area (Å²) in [4.78, 5) is 4.33. The second-order valence-electron chi connectivity index (χ2n) is 5.06. The first-order valence-corrected chi connectivity index (χ1v) is 8.46. The third-order valence-corrected chi connectivity index (χ3v) is 4.54. The molecule has 3 nitrogen and oxygen atoms in total. The van der Waals surface area contributed by atoms with Crippen LogP contribution in [-0.4, -0.2) is 4.98 Å². The Morgan fingerprint density at radius 3 is 2.50 bits per heavy atom. The molecule has 0 unspecified atom stereocenters. The molecule has 1 aromatic heterocycles. The van der Waals surface area contributed by atoms with Gasteiger partial charge in [-0.2, -0.15) is 5.26 Å². The van der Waals surface area contributed by atoms with Crippen molar-refractivity contribution in [1.82, 2.24) is 4.98 Å². The number of nitrogen functional groups attached to an aromatic ring is 1. The standard InChI is InChI=1S/C18H10BrCl2N3/c19-11-3-1-2-10(6-11)14-8-17(24-18(23)15(14)9-22)13-5-4-12(20)7-16(13)21/h1-8H,(H2,23,24). The highest BCUT2D eigenvalue weighted by Crippen LogP contribution is 2.35. The van der Waals surface area contributed by atoms with Gasteiger partial charge in [-0.1, -0.05) is 51.3 Å². The summed E-state index contributed by atoms with van der Waals surface area (Å²) in [6, 6.07) is 16.7. The van der Waals surface area contributed by atoms with Crippen molar-refractivity contribution in [2.45, 2.75) is 0 Å². The minimum absolute atomic E-state index is 0.163. The fraction of sp³-hybridized carbons (Fsp3) is 0. The van der Waals surface area contributed by atoms with E-state index >= 15 is 0 Å². The first-order chi connectivity index (χ1) is 11.5. The van der Waals surface area contributed by atoms with Crippen LogP contribution in [0.5, 0.6) is 0 Å². The van der Waals surface area contributed by atoms with Crippen LogP contribution in [-0.2, 0) is 0 Å². The molecule has 2 N–H and O–H groups in total. The molecule has 6 heteroatoms. The minimum atomic E-state index is 0.163. The van der Waals surface area contributed by atoms with Gasteiger partial charge >= 0.3 is 0 Å². The van der Waals surface area contributed by atoms with Gasteiger partial charge in [0.05, 0.1) is 10.7 Å². The van der Waals surface area contributed by atoms with Gasteiger partial charge in [0.15, 0.2) is 0 Å². The van der Waals surface area contributed by atoms with Gasteiger partial charge in [-0.3, -0.25) is 0 Å². The molecule has 3 rings (SSSR count). The van der Waals surface area contributed by atoms with Crippen molar-refractivity contribution in [3.8, 4) is 28.5 Å². The lowest BCUT2D eigenvalue weighted by molar-refractivity contribution is 1.31. The van der Waals surface area contributed by atoms with E-state index < -0.39 is 0 Å². The predicted molar refractivity (Wildman–Crippen MR) is 102 cm³/mol. The van der Waals surface area contributed by atoms with Gasteiger partial charge in [0.2, 0.25) is 0 Å². The van der Waals surface area contributed by atoms with Crippen molar-refractivity contribution in [3.05, 3.63) is 68.6 Å². The van der Waals surface area contributed by atoms with E-state index in [9.17, 15) is 5.26 Å². The van der Waals surface area contributed by atoms with Crippen LogP contribution in [0.2, 0.25) is 10.0 Å². The molecule has 0 aliphatic rings. The van der Waals surface area contributed by atoms with Crippen LogP contribution >= 0.6 is 39.1 Å². The Bertz CT molecular complexity index is 980. The Balaban J connectivity index is 2.26. The highest BCUT2D eigenvalue weighted by atomic mass is 79.9. The van der Waals surface area contributed by atoms with E-state index in [1.165, 1.54) is 0 Å². The maximum atomic E-state index is 9.46. The van der Waals surface area contributed by atoms with Crippen molar-refractivity contribution in [3.63, 3.8) is 0 Å². The van der Waals surface area contributed by atoms with Gasteiger partial charge in [0.25, 0.3) is 0 Å². The predicted octanol–water partition coefficient (Wildman–Crippen LogP) is 5.94. The number of nitrogens with zero attached hydrogens (tertiary/aromatic N) is 2. The average molecular weight is 419 g/mol. The molecular formula is C18H10BrCl2N3. The smallest absolute Gasteiger partial charge is 0.142 e. The lowest BCUT2D eigenvalue weighted by Gasteiger charge is -2.11. The molecule has 1 heterocycles. The normalized spacial score (nSPS) is 10.4. The van der Waals surface area contributed by atoms with Crippen LogP contribution in [0.4, 0.5) is 5.82 Å². The molecule has 0 bridgehead atoms. The molecule has 0 saturated heterocycles. The van der Waals surface area contributed by atoms with Crippen LogP contribution in [0.15, 0.2) is 53.0 Å². The monoisotopic (exact) mass is 417 g/mol. The Labute approximate surface area is 157 Å². The Hall–Kier alpha value is -2.06. The zero-order valence-corrected chi connectivity index (χ0v) is 15.3. The summed E-state index contributed by atoms with van der Waals surface area (Å²) in [5.41, 5.74) is 9.20. The summed E-state index contributed by atoms with van der Waals surface area (Å²) in [6.45, 7) is 0. The largest absolute Gasteiger partial charge is 0.383 e. The fourth-order valence-corrected chi connectivity index (χ4v) is 3.31. The number of benzene rings is 2. The van der Waals surface area contributed by atoms with E-state index in [1.807, 2.05) is 30.3 Å². The van der Waals surface area contributed by atoms with E-state index in [2.05, 4.69) is 27.0 Å². The Kier molecular flexibility index (Phi) is 4.77. The minimum Gasteiger partial charge on any atom is -0.383 e. The molecule has 0 aliphatic heterocycles. The quantitative estimate of drug-likeness (QED) is 0.560. The second kappa shape index (κ2) is 6.82. The molecule has 0 spiro atoms. The second-order valence-corrected chi connectivity index (χ2v) is 6.82. The zero-order valence-electron chi connectivity index (χ0n) is 12.2. The van der Waals surface area contributed by atoms with E-state index in [4.69, 9.17) is 28.9 Å². The van der Waals surface area contributed by atoms with Crippen molar-refractivity contribution in [1.29, 1.82) is 5.26 Å². The number of hydrogen-bond donors (Lipinski definition) is 1. The van der Waals surface area contributed by atoms with E-state index in [1.54, 1.807) is 18.2 Å². The van der Waals surface area contributed by atoms with Crippen LogP contribution in [0, 0.1) is 11.3 Å². The molecule has 118 valence electrons. The molecular weight excluding hydrogens is 409 g/mol. The van der Waals surface area contributed by atoms with Gasteiger partial charge in [0.1, 0.15) is 17.5 Å². The maximum Gasteiger partial charge on any atom is 0.142 e. The number of aromatic nitrogens is 1. The summed E-state index contributed by atoms with van der Waals surface area (Å²) in [6.07, 6.45) is 0. The summed E-state index contributed by atoms with van der Waals surface area (Å²) in [5, 5.41) is 10.5. The van der Waals surface area contributed by atoms with Gasteiger partial charge in [-0.15, -0.1) is 0 Å². The number of nitrogens with two attached hydrogens (primary N) is 1. The summed E-state index contributed by atoms with van der Waals surface area (Å²) in [7, 11) is 0. The average Bonchev–Trinajstić information content (AvgIpc) is 2.54. The molecule has 0 amide bonds. The third kappa shape index (κ3) is 3.25. The molecule has 24 heavy (non-hydrogen) atoms. The number of halogens is 3. The number of pyridine rings is 1. The first-order valence-electron chi connectivity index (χ1n) is 6.91. The van der Waals surface area contributed by atoms with Crippen LogP contribution in [0.1, 0.15) is 5.56 Å². The molecule has 0 radical (unpaired) electrons. The topological polar surface area (TPSA) is 62.7 Å².